The molecule has 1 rings (SSSR count). The maximum Gasteiger partial charge on any atom is 0.0661 e. The summed E-state index contributed by atoms with van der Waals surface area (Å²) in [5, 5.41) is 3.47. The van der Waals surface area contributed by atoms with Gasteiger partial charge in [0.2, 0.25) is 0 Å². The summed E-state index contributed by atoms with van der Waals surface area (Å²) >= 11 is 0. The minimum absolute atomic E-state index is 0.290. The van der Waals surface area contributed by atoms with Crippen molar-refractivity contribution in [1.82, 2.24) is 5.32 Å². The Bertz CT molecular complexity index is 322. The van der Waals surface area contributed by atoms with E-state index >= 15 is 0 Å². The number of anilines is 1. The van der Waals surface area contributed by atoms with Crippen molar-refractivity contribution in [1.29, 1.82) is 0 Å². The Morgan fingerprint density at radius 3 is 2.33 bits per heavy atom. The first-order valence-electron chi connectivity index (χ1n) is 6.77. The normalized spacial score (nSPS) is 12.4. The average molecular weight is 250 g/mol. The van der Waals surface area contributed by atoms with Crippen LogP contribution in [0.2, 0.25) is 0 Å². The van der Waals surface area contributed by atoms with Crippen molar-refractivity contribution < 1.29 is 4.74 Å². The molecule has 0 amide bonds. The van der Waals surface area contributed by atoms with Crippen molar-refractivity contribution in [3.05, 3.63) is 29.8 Å². The third kappa shape index (κ3) is 4.67. The molecule has 0 aromatic heterocycles. The van der Waals surface area contributed by atoms with E-state index in [1.807, 2.05) is 0 Å². The topological polar surface area (TPSA) is 24.5 Å². The molecule has 0 aliphatic rings. The van der Waals surface area contributed by atoms with Crippen LogP contribution < -0.4 is 10.2 Å². The third-order valence-corrected chi connectivity index (χ3v) is 2.90. The van der Waals surface area contributed by atoms with Gasteiger partial charge >= 0.3 is 0 Å². The van der Waals surface area contributed by atoms with Gasteiger partial charge in [0.25, 0.3) is 0 Å². The van der Waals surface area contributed by atoms with Crippen LogP contribution in [0.4, 0.5) is 5.69 Å². The van der Waals surface area contributed by atoms with Crippen molar-refractivity contribution in [2.75, 3.05) is 38.8 Å². The summed E-state index contributed by atoms with van der Waals surface area (Å²) < 4.78 is 5.66. The van der Waals surface area contributed by atoms with E-state index in [0.717, 1.165) is 26.2 Å². The fourth-order valence-corrected chi connectivity index (χ4v) is 1.87. The summed E-state index contributed by atoms with van der Waals surface area (Å²) in [7, 11) is 4.11. The van der Waals surface area contributed by atoms with Crippen molar-refractivity contribution in [3.8, 4) is 0 Å². The van der Waals surface area contributed by atoms with Gasteiger partial charge in [-0.2, -0.15) is 0 Å². The van der Waals surface area contributed by atoms with Gasteiger partial charge in [0.1, 0.15) is 0 Å². The Kier molecular flexibility index (Phi) is 6.76. The Hall–Kier alpha value is -1.06. The molecule has 0 bridgehead atoms. The van der Waals surface area contributed by atoms with Crippen molar-refractivity contribution in [3.63, 3.8) is 0 Å². The van der Waals surface area contributed by atoms with Crippen LogP contribution in [0.1, 0.15) is 31.9 Å². The molecule has 102 valence electrons. The van der Waals surface area contributed by atoms with Crippen molar-refractivity contribution >= 4 is 5.69 Å². The molecule has 3 nitrogen and oxygen atoms in total. The highest BCUT2D eigenvalue weighted by Gasteiger charge is 2.10. The Morgan fingerprint density at radius 2 is 1.83 bits per heavy atom. The smallest absolute Gasteiger partial charge is 0.0661 e. The minimum atomic E-state index is 0.290. The molecule has 0 heterocycles. The van der Waals surface area contributed by atoms with Crippen LogP contribution in [0, 0.1) is 0 Å². The zero-order valence-electron chi connectivity index (χ0n) is 12.1. The summed E-state index contributed by atoms with van der Waals surface area (Å²) in [5.74, 6) is 0. The van der Waals surface area contributed by atoms with Gasteiger partial charge in [-0.1, -0.05) is 26.0 Å². The molecule has 0 aliphatic heterocycles. The number of hydrogen-bond donors (Lipinski definition) is 1. The zero-order chi connectivity index (χ0) is 13.4. The van der Waals surface area contributed by atoms with Gasteiger partial charge in [-0.15, -0.1) is 0 Å². The lowest BCUT2D eigenvalue weighted by Crippen LogP contribution is -2.25. The molecule has 1 unspecified atom stereocenters. The lowest BCUT2D eigenvalue weighted by atomic mass is 10.1. The highest BCUT2D eigenvalue weighted by molar-refractivity contribution is 5.46. The number of ether oxygens (including phenoxy) is 1. The summed E-state index contributed by atoms with van der Waals surface area (Å²) in [6.45, 7) is 6.78. The molecule has 0 fully saturated rings. The number of likely N-dealkylation sites (N-methyl/N-ethyl adjacent to an activating group) is 1. The van der Waals surface area contributed by atoms with Gasteiger partial charge in [0.05, 0.1) is 12.6 Å². The molecular formula is C15H26N2O. The summed E-state index contributed by atoms with van der Waals surface area (Å²) in [5.41, 5.74) is 2.52. The van der Waals surface area contributed by atoms with Crippen LogP contribution in [0.15, 0.2) is 24.3 Å². The van der Waals surface area contributed by atoms with Gasteiger partial charge < -0.3 is 15.0 Å². The van der Waals surface area contributed by atoms with Crippen molar-refractivity contribution in [2.24, 2.45) is 0 Å². The third-order valence-electron chi connectivity index (χ3n) is 2.90. The number of hydrogen-bond acceptors (Lipinski definition) is 3. The van der Waals surface area contributed by atoms with Crippen LogP contribution in [0.25, 0.3) is 0 Å². The zero-order valence-corrected chi connectivity index (χ0v) is 12.1. The fraction of sp³-hybridized carbons (Fsp3) is 0.600. The molecule has 1 aromatic carbocycles. The highest BCUT2D eigenvalue weighted by atomic mass is 16.5. The molecule has 3 heteroatoms. The summed E-state index contributed by atoms with van der Waals surface area (Å²) in [4.78, 5) is 2.11. The molecule has 1 atom stereocenters. The van der Waals surface area contributed by atoms with Crippen LogP contribution in [0.5, 0.6) is 0 Å². The van der Waals surface area contributed by atoms with Crippen molar-refractivity contribution in [2.45, 2.75) is 26.3 Å². The van der Waals surface area contributed by atoms with E-state index in [9.17, 15) is 0 Å². The molecule has 1 N–H and O–H groups in total. The lowest BCUT2D eigenvalue weighted by molar-refractivity contribution is 0.112. The largest absolute Gasteiger partial charge is 0.379 e. The van der Waals surface area contributed by atoms with Gasteiger partial charge in [-0.05, 0) is 30.7 Å². The van der Waals surface area contributed by atoms with Gasteiger partial charge in [0, 0.05) is 26.4 Å². The molecule has 0 saturated carbocycles. The summed E-state index contributed by atoms with van der Waals surface area (Å²) in [6.07, 6.45) is 1.07. The van der Waals surface area contributed by atoms with E-state index in [-0.39, 0.29) is 6.04 Å². The van der Waals surface area contributed by atoms with Crippen LogP contribution in [-0.4, -0.2) is 33.9 Å². The number of nitrogens with one attached hydrogen (secondary N) is 1. The Labute approximate surface area is 111 Å². The molecule has 0 radical (unpaired) electrons. The number of nitrogens with zero attached hydrogens (tertiary/aromatic N) is 1. The predicted octanol–water partition coefficient (Wildman–Crippen LogP) is 2.83. The van der Waals surface area contributed by atoms with Crippen LogP contribution in [-0.2, 0) is 4.74 Å². The van der Waals surface area contributed by atoms with E-state index in [1.165, 1.54) is 11.3 Å². The molecular weight excluding hydrogens is 224 g/mol. The van der Waals surface area contributed by atoms with Crippen LogP contribution in [0.3, 0.4) is 0 Å². The average Bonchev–Trinajstić information content (AvgIpc) is 2.38. The second kappa shape index (κ2) is 8.11. The standard InChI is InChI=1S/C15H26N2O/c1-5-11-18-12-15(16-6-2)13-7-9-14(10-8-13)17(3)4/h7-10,15-16H,5-6,11-12H2,1-4H3. The fourth-order valence-electron chi connectivity index (χ4n) is 1.87. The summed E-state index contributed by atoms with van der Waals surface area (Å²) in [6, 6.07) is 8.95. The van der Waals surface area contributed by atoms with E-state index < -0.39 is 0 Å². The van der Waals surface area contributed by atoms with Gasteiger partial charge in [-0.3, -0.25) is 0 Å². The first-order valence-corrected chi connectivity index (χ1v) is 6.77. The molecule has 0 aliphatic carbocycles. The maximum atomic E-state index is 5.66. The second-order valence-corrected chi connectivity index (χ2v) is 4.67. The molecule has 0 saturated heterocycles. The van der Waals surface area contributed by atoms with E-state index in [2.05, 4.69) is 62.4 Å². The van der Waals surface area contributed by atoms with Gasteiger partial charge in [-0.25, -0.2) is 0 Å². The first kappa shape index (κ1) is 15.0. The quantitative estimate of drug-likeness (QED) is 0.718. The second-order valence-electron chi connectivity index (χ2n) is 4.67. The van der Waals surface area contributed by atoms with E-state index in [0.29, 0.717) is 0 Å². The number of rotatable bonds is 8. The highest BCUT2D eigenvalue weighted by Crippen LogP contribution is 2.18. The SMILES string of the molecule is CCCOCC(NCC)c1ccc(N(C)C)cc1. The van der Waals surface area contributed by atoms with Crippen LogP contribution >= 0.6 is 0 Å². The molecule has 1 aromatic rings. The molecule has 0 spiro atoms. The minimum Gasteiger partial charge on any atom is -0.379 e. The molecule has 18 heavy (non-hydrogen) atoms. The predicted molar refractivity (Wildman–Crippen MR) is 78.3 cm³/mol. The van der Waals surface area contributed by atoms with E-state index in [4.69, 9.17) is 4.74 Å². The first-order chi connectivity index (χ1) is 8.69. The van der Waals surface area contributed by atoms with E-state index in [1.54, 1.807) is 0 Å². The number of benzene rings is 1. The lowest BCUT2D eigenvalue weighted by Gasteiger charge is -2.20. The monoisotopic (exact) mass is 250 g/mol. The Morgan fingerprint density at radius 1 is 1.17 bits per heavy atom. The Balaban J connectivity index is 2.66. The maximum absolute atomic E-state index is 5.66. The van der Waals surface area contributed by atoms with Gasteiger partial charge in [0.15, 0.2) is 0 Å².